The predicted molar refractivity (Wildman–Crippen MR) is 55.7 cm³/mol. The Morgan fingerprint density at radius 2 is 2.15 bits per heavy atom. The van der Waals surface area contributed by atoms with Crippen LogP contribution >= 0.6 is 0 Å². The fourth-order valence-electron chi connectivity index (χ4n) is 2.47. The first-order valence-corrected chi connectivity index (χ1v) is 5.43. The molecule has 1 rings (SSSR count). The molecule has 0 aliphatic carbocycles. The molecule has 1 aliphatic rings. The van der Waals surface area contributed by atoms with Gasteiger partial charge in [0, 0.05) is 13.2 Å². The highest BCUT2D eigenvalue weighted by atomic mass is 16.3. The van der Waals surface area contributed by atoms with Crippen molar-refractivity contribution in [2.24, 2.45) is 11.3 Å². The van der Waals surface area contributed by atoms with Crippen molar-refractivity contribution in [3.05, 3.63) is 0 Å². The molecule has 1 unspecified atom stereocenters. The summed E-state index contributed by atoms with van der Waals surface area (Å²) in [7, 11) is 0. The van der Waals surface area contributed by atoms with Gasteiger partial charge in [0.1, 0.15) is 0 Å². The van der Waals surface area contributed by atoms with E-state index in [2.05, 4.69) is 25.7 Å². The second kappa shape index (κ2) is 4.43. The summed E-state index contributed by atoms with van der Waals surface area (Å²) >= 11 is 0. The van der Waals surface area contributed by atoms with Crippen LogP contribution < -0.4 is 0 Å². The lowest BCUT2D eigenvalue weighted by atomic mass is 9.72. The van der Waals surface area contributed by atoms with Crippen LogP contribution in [-0.2, 0) is 0 Å². The smallest absolute Gasteiger partial charge is 0.0433 e. The zero-order valence-corrected chi connectivity index (χ0v) is 9.21. The third kappa shape index (κ3) is 2.68. The first kappa shape index (κ1) is 11.0. The van der Waals surface area contributed by atoms with Gasteiger partial charge in [0.2, 0.25) is 0 Å². The van der Waals surface area contributed by atoms with E-state index in [1.54, 1.807) is 0 Å². The summed E-state index contributed by atoms with van der Waals surface area (Å²) < 4.78 is 0. The van der Waals surface area contributed by atoms with Crippen LogP contribution in [0, 0.1) is 11.3 Å². The number of piperidine rings is 1. The van der Waals surface area contributed by atoms with Gasteiger partial charge < -0.3 is 10.0 Å². The van der Waals surface area contributed by atoms with Gasteiger partial charge in [-0.05, 0) is 37.3 Å². The molecule has 0 aromatic carbocycles. The second-order valence-electron chi connectivity index (χ2n) is 4.86. The summed E-state index contributed by atoms with van der Waals surface area (Å²) in [4.78, 5) is 2.51. The minimum absolute atomic E-state index is 0.347. The van der Waals surface area contributed by atoms with Crippen LogP contribution in [0.2, 0.25) is 0 Å². The van der Waals surface area contributed by atoms with Gasteiger partial charge in [-0.2, -0.15) is 0 Å². The Morgan fingerprint density at radius 1 is 1.46 bits per heavy atom. The van der Waals surface area contributed by atoms with E-state index < -0.39 is 0 Å². The SMILES string of the molecule is CCN1CCC(CCO)C(C)(C)C1. The van der Waals surface area contributed by atoms with E-state index in [0.29, 0.717) is 17.9 Å². The maximum absolute atomic E-state index is 8.96. The number of aliphatic hydroxyl groups excluding tert-OH is 1. The van der Waals surface area contributed by atoms with Crippen molar-refractivity contribution in [3.8, 4) is 0 Å². The first-order chi connectivity index (χ1) is 6.10. The molecule has 0 radical (unpaired) electrons. The topological polar surface area (TPSA) is 23.5 Å². The molecule has 1 N–H and O–H groups in total. The van der Waals surface area contributed by atoms with Crippen LogP contribution in [0.15, 0.2) is 0 Å². The highest BCUT2D eigenvalue weighted by Gasteiger charge is 2.34. The Morgan fingerprint density at radius 3 is 2.62 bits per heavy atom. The standard InChI is InChI=1S/C11H23NO/c1-4-12-7-5-10(6-8-13)11(2,3)9-12/h10,13H,4-9H2,1-3H3. The predicted octanol–water partition coefficient (Wildman–Crippen LogP) is 1.74. The Balaban J connectivity index is 2.51. The van der Waals surface area contributed by atoms with Gasteiger partial charge in [-0.1, -0.05) is 20.8 Å². The summed E-state index contributed by atoms with van der Waals surface area (Å²) in [5, 5.41) is 8.96. The quantitative estimate of drug-likeness (QED) is 0.724. The third-order valence-electron chi connectivity index (χ3n) is 3.45. The Kier molecular flexibility index (Phi) is 3.74. The lowest BCUT2D eigenvalue weighted by Gasteiger charge is -2.44. The van der Waals surface area contributed by atoms with Gasteiger partial charge >= 0.3 is 0 Å². The fraction of sp³-hybridized carbons (Fsp3) is 1.00. The third-order valence-corrected chi connectivity index (χ3v) is 3.45. The van der Waals surface area contributed by atoms with Gasteiger partial charge in [-0.3, -0.25) is 0 Å². The largest absolute Gasteiger partial charge is 0.396 e. The number of hydrogen-bond acceptors (Lipinski definition) is 2. The first-order valence-electron chi connectivity index (χ1n) is 5.43. The van der Waals surface area contributed by atoms with Crippen molar-refractivity contribution in [2.75, 3.05) is 26.2 Å². The van der Waals surface area contributed by atoms with E-state index in [1.165, 1.54) is 19.5 Å². The van der Waals surface area contributed by atoms with Crippen LogP contribution in [0.5, 0.6) is 0 Å². The minimum atomic E-state index is 0.347. The number of nitrogens with zero attached hydrogens (tertiary/aromatic N) is 1. The van der Waals surface area contributed by atoms with E-state index in [9.17, 15) is 0 Å². The molecule has 78 valence electrons. The van der Waals surface area contributed by atoms with Crippen molar-refractivity contribution in [3.63, 3.8) is 0 Å². The van der Waals surface area contributed by atoms with Crippen molar-refractivity contribution < 1.29 is 5.11 Å². The molecule has 0 aromatic heterocycles. The maximum Gasteiger partial charge on any atom is 0.0433 e. The molecular weight excluding hydrogens is 162 g/mol. The average molecular weight is 185 g/mol. The molecule has 2 nitrogen and oxygen atoms in total. The molecule has 1 aliphatic heterocycles. The fourth-order valence-corrected chi connectivity index (χ4v) is 2.47. The maximum atomic E-state index is 8.96. The molecule has 13 heavy (non-hydrogen) atoms. The monoisotopic (exact) mass is 185 g/mol. The minimum Gasteiger partial charge on any atom is -0.396 e. The number of likely N-dealkylation sites (tertiary alicyclic amines) is 1. The van der Waals surface area contributed by atoms with E-state index in [0.717, 1.165) is 13.0 Å². The summed E-state index contributed by atoms with van der Waals surface area (Å²) in [5.41, 5.74) is 0.386. The molecule has 1 fully saturated rings. The van der Waals surface area contributed by atoms with E-state index in [4.69, 9.17) is 5.11 Å². The van der Waals surface area contributed by atoms with Crippen LogP contribution in [0.4, 0.5) is 0 Å². The van der Waals surface area contributed by atoms with Crippen molar-refractivity contribution in [2.45, 2.75) is 33.6 Å². The highest BCUT2D eigenvalue weighted by molar-refractivity contribution is 4.86. The molecule has 1 heterocycles. The Hall–Kier alpha value is -0.0800. The van der Waals surface area contributed by atoms with E-state index >= 15 is 0 Å². The number of rotatable bonds is 3. The zero-order valence-electron chi connectivity index (χ0n) is 9.21. The van der Waals surface area contributed by atoms with Gasteiger partial charge in [0.05, 0.1) is 0 Å². The molecule has 0 amide bonds. The number of hydrogen-bond donors (Lipinski definition) is 1. The molecule has 2 heteroatoms. The average Bonchev–Trinajstić information content (AvgIpc) is 2.08. The van der Waals surface area contributed by atoms with Gasteiger partial charge in [-0.25, -0.2) is 0 Å². The van der Waals surface area contributed by atoms with E-state index in [-0.39, 0.29) is 0 Å². The second-order valence-corrected chi connectivity index (χ2v) is 4.86. The van der Waals surface area contributed by atoms with Gasteiger partial charge in [-0.15, -0.1) is 0 Å². The van der Waals surface area contributed by atoms with Crippen molar-refractivity contribution >= 4 is 0 Å². The Bertz CT molecular complexity index is 156. The molecule has 1 saturated heterocycles. The van der Waals surface area contributed by atoms with Crippen LogP contribution in [0.25, 0.3) is 0 Å². The highest BCUT2D eigenvalue weighted by Crippen LogP contribution is 2.36. The summed E-state index contributed by atoms with van der Waals surface area (Å²) in [5.74, 6) is 0.709. The molecule has 0 spiro atoms. The summed E-state index contributed by atoms with van der Waals surface area (Å²) in [6.45, 7) is 10.8. The molecular formula is C11H23NO. The lowest BCUT2D eigenvalue weighted by molar-refractivity contribution is 0.0436. The van der Waals surface area contributed by atoms with Crippen molar-refractivity contribution in [1.29, 1.82) is 0 Å². The van der Waals surface area contributed by atoms with Crippen molar-refractivity contribution in [1.82, 2.24) is 4.90 Å². The lowest BCUT2D eigenvalue weighted by Crippen LogP contribution is -2.45. The molecule has 0 aromatic rings. The van der Waals surface area contributed by atoms with Gasteiger partial charge in [0.25, 0.3) is 0 Å². The van der Waals surface area contributed by atoms with Crippen LogP contribution in [-0.4, -0.2) is 36.2 Å². The number of aliphatic hydroxyl groups is 1. The van der Waals surface area contributed by atoms with Crippen LogP contribution in [0.3, 0.4) is 0 Å². The summed E-state index contributed by atoms with van der Waals surface area (Å²) in [6.07, 6.45) is 2.23. The van der Waals surface area contributed by atoms with E-state index in [1.807, 2.05) is 0 Å². The molecule has 0 saturated carbocycles. The van der Waals surface area contributed by atoms with Gasteiger partial charge in [0.15, 0.2) is 0 Å². The normalized spacial score (nSPS) is 29.1. The summed E-state index contributed by atoms with van der Waals surface area (Å²) in [6, 6.07) is 0. The molecule has 1 atom stereocenters. The zero-order chi connectivity index (χ0) is 9.90. The Labute approximate surface area is 81.9 Å². The molecule has 0 bridgehead atoms. The van der Waals surface area contributed by atoms with Crippen LogP contribution in [0.1, 0.15) is 33.6 Å².